The minimum Gasteiger partial charge on any atom is -0.393 e. The summed E-state index contributed by atoms with van der Waals surface area (Å²) >= 11 is 0. The lowest BCUT2D eigenvalue weighted by molar-refractivity contribution is -0.266. The molecule has 4 aliphatic carbocycles. The SMILES string of the molecule is C[C@@H]1C[C@H]2[C@@H]3CCC4=Cc5c(cnn5-c5ccncc5)C[C@]4(C)[C@H]3[C@@H](O)C[C@]2(C)[C@]12OCOC21COCO1. The third-order valence-electron chi connectivity index (χ3n) is 11.7. The molecule has 0 bridgehead atoms. The van der Waals surface area contributed by atoms with Gasteiger partial charge < -0.3 is 24.1 Å². The predicted molar refractivity (Wildman–Crippen MR) is 138 cm³/mol. The van der Waals surface area contributed by atoms with E-state index in [4.69, 9.17) is 24.0 Å². The van der Waals surface area contributed by atoms with Crippen molar-refractivity contribution in [2.75, 3.05) is 20.2 Å². The van der Waals surface area contributed by atoms with E-state index in [2.05, 4.69) is 31.8 Å². The Morgan fingerprint density at radius 3 is 2.71 bits per heavy atom. The molecular formula is C30H37N3O5. The molecule has 8 nitrogen and oxygen atoms in total. The molecule has 1 N–H and O–H groups in total. The van der Waals surface area contributed by atoms with Crippen molar-refractivity contribution in [1.29, 1.82) is 0 Å². The highest BCUT2D eigenvalue weighted by molar-refractivity contribution is 5.61. The van der Waals surface area contributed by atoms with E-state index in [1.54, 1.807) is 0 Å². The molecule has 2 spiro atoms. The summed E-state index contributed by atoms with van der Waals surface area (Å²) in [6.07, 6.45) is 12.3. The Bertz CT molecular complexity index is 1300. The van der Waals surface area contributed by atoms with Crippen molar-refractivity contribution in [3.63, 3.8) is 0 Å². The van der Waals surface area contributed by atoms with Crippen LogP contribution < -0.4 is 0 Å². The Labute approximate surface area is 223 Å². The van der Waals surface area contributed by atoms with E-state index in [1.165, 1.54) is 16.8 Å². The van der Waals surface area contributed by atoms with E-state index in [0.717, 1.165) is 31.4 Å². The minimum absolute atomic E-state index is 0.0978. The van der Waals surface area contributed by atoms with Gasteiger partial charge in [-0.1, -0.05) is 26.3 Å². The van der Waals surface area contributed by atoms with Crippen LogP contribution in [0.1, 0.15) is 57.7 Å². The highest BCUT2D eigenvalue weighted by Gasteiger charge is 2.79. The Balaban J connectivity index is 1.18. The van der Waals surface area contributed by atoms with Crippen LogP contribution in [0.25, 0.3) is 11.8 Å². The Morgan fingerprint density at radius 1 is 1.11 bits per heavy atom. The van der Waals surface area contributed by atoms with Crippen LogP contribution in [0.4, 0.5) is 0 Å². The molecule has 0 aromatic carbocycles. The van der Waals surface area contributed by atoms with Gasteiger partial charge in [0.05, 0.1) is 23.7 Å². The number of aliphatic hydroxyl groups excluding tert-OH is 1. The van der Waals surface area contributed by atoms with Crippen LogP contribution in [0.2, 0.25) is 0 Å². The molecule has 5 fully saturated rings. The first kappa shape index (κ1) is 23.8. The maximum atomic E-state index is 12.1. The molecule has 1 unspecified atom stereocenters. The van der Waals surface area contributed by atoms with Crippen LogP contribution >= 0.6 is 0 Å². The summed E-state index contributed by atoms with van der Waals surface area (Å²) in [5.41, 5.74) is 3.93. The molecule has 2 aromatic heterocycles. The van der Waals surface area contributed by atoms with Gasteiger partial charge in [0, 0.05) is 17.8 Å². The number of allylic oxidation sites excluding steroid dienone is 1. The fraction of sp³-hybridized carbons (Fsp3) is 0.667. The highest BCUT2D eigenvalue weighted by atomic mass is 16.9. The van der Waals surface area contributed by atoms with Crippen molar-refractivity contribution in [2.24, 2.45) is 34.5 Å². The fourth-order valence-corrected chi connectivity index (χ4v) is 10.4. The maximum absolute atomic E-state index is 12.1. The Kier molecular flexibility index (Phi) is 4.85. The third-order valence-corrected chi connectivity index (χ3v) is 11.7. The summed E-state index contributed by atoms with van der Waals surface area (Å²) in [5, 5.41) is 16.9. The first-order chi connectivity index (χ1) is 18.3. The molecule has 4 heterocycles. The molecule has 3 saturated carbocycles. The number of ether oxygens (including phenoxy) is 4. The van der Waals surface area contributed by atoms with Crippen molar-refractivity contribution in [1.82, 2.24) is 14.8 Å². The highest BCUT2D eigenvalue weighted by Crippen LogP contribution is 2.72. The van der Waals surface area contributed by atoms with Gasteiger partial charge >= 0.3 is 0 Å². The molecule has 0 radical (unpaired) electrons. The van der Waals surface area contributed by atoms with Gasteiger partial charge in [-0.3, -0.25) is 4.98 Å². The molecule has 2 saturated heterocycles. The van der Waals surface area contributed by atoms with Crippen molar-refractivity contribution in [3.8, 4) is 5.69 Å². The summed E-state index contributed by atoms with van der Waals surface area (Å²) in [5.74, 6) is 0.391. The van der Waals surface area contributed by atoms with Crippen LogP contribution in [0, 0.1) is 34.5 Å². The van der Waals surface area contributed by atoms with E-state index in [9.17, 15) is 5.11 Å². The molecule has 0 amide bonds. The molecule has 9 atom stereocenters. The summed E-state index contributed by atoms with van der Waals surface area (Å²) in [6.45, 7) is 7.86. The number of pyridine rings is 1. The largest absolute Gasteiger partial charge is 0.393 e. The van der Waals surface area contributed by atoms with Gasteiger partial charge in [0.25, 0.3) is 0 Å². The lowest BCUT2D eigenvalue weighted by atomic mass is 9.45. The number of rotatable bonds is 1. The van der Waals surface area contributed by atoms with Gasteiger partial charge in [0.15, 0.2) is 13.6 Å². The Morgan fingerprint density at radius 2 is 1.92 bits per heavy atom. The monoisotopic (exact) mass is 519 g/mol. The molecule has 6 aliphatic rings. The zero-order valence-corrected chi connectivity index (χ0v) is 22.4. The lowest BCUT2D eigenvalue weighted by Gasteiger charge is -2.61. The van der Waals surface area contributed by atoms with Crippen LogP contribution in [0.5, 0.6) is 0 Å². The summed E-state index contributed by atoms with van der Waals surface area (Å²) in [4.78, 5) is 4.17. The molecule has 8 heteroatoms. The average molecular weight is 520 g/mol. The lowest BCUT2D eigenvalue weighted by Crippen LogP contribution is -2.67. The van der Waals surface area contributed by atoms with Crippen LogP contribution in [0.3, 0.4) is 0 Å². The number of fused-ring (bicyclic) bond motifs is 8. The van der Waals surface area contributed by atoms with E-state index >= 15 is 0 Å². The van der Waals surface area contributed by atoms with Crippen molar-refractivity contribution in [3.05, 3.63) is 47.6 Å². The molecular weight excluding hydrogens is 482 g/mol. The second-order valence-corrected chi connectivity index (χ2v) is 13.1. The van der Waals surface area contributed by atoms with Crippen molar-refractivity contribution >= 4 is 6.08 Å². The Hall–Kier alpha value is -2.10. The molecule has 2 aromatic rings. The quantitative estimate of drug-likeness (QED) is 0.607. The number of hydrogen-bond donors (Lipinski definition) is 1. The molecule has 2 aliphatic heterocycles. The standard InChI is InChI=1S/C30H37N3O5/c1-18-10-23-22-5-4-20-11-24-19(14-32-33(24)21-6-8-31-9-7-21)12-27(20,2)26(22)25(34)13-28(23,3)30(18)29(37-17-38-30)15-35-16-36-29/h6-9,11,14,18,22-23,25-26,34H,4-5,10,12-13,15-17H2,1-3H3/t18-,22+,23+,25+,26-,27+,28+,29?,30-/m1/s1. The van der Waals surface area contributed by atoms with Gasteiger partial charge in [0.2, 0.25) is 5.79 Å². The van der Waals surface area contributed by atoms with Gasteiger partial charge in [-0.05, 0) is 85.0 Å². The van der Waals surface area contributed by atoms with Gasteiger partial charge in [0.1, 0.15) is 12.2 Å². The number of hydrogen-bond acceptors (Lipinski definition) is 7. The number of aliphatic hydroxyl groups is 1. The first-order valence-corrected chi connectivity index (χ1v) is 14.2. The fourth-order valence-electron chi connectivity index (χ4n) is 10.4. The van der Waals surface area contributed by atoms with E-state index < -0.39 is 17.5 Å². The second kappa shape index (κ2) is 7.76. The average Bonchev–Trinajstić information content (AvgIpc) is 3.67. The number of nitrogens with zero attached hydrogens (tertiary/aromatic N) is 3. The van der Waals surface area contributed by atoms with Gasteiger partial charge in [-0.15, -0.1) is 0 Å². The second-order valence-electron chi connectivity index (χ2n) is 13.1. The maximum Gasteiger partial charge on any atom is 0.227 e. The summed E-state index contributed by atoms with van der Waals surface area (Å²) < 4.78 is 26.8. The summed E-state index contributed by atoms with van der Waals surface area (Å²) in [7, 11) is 0. The van der Waals surface area contributed by atoms with Crippen molar-refractivity contribution < 1.29 is 24.1 Å². The normalized spacial score (nSPS) is 47.1. The minimum atomic E-state index is -0.882. The summed E-state index contributed by atoms with van der Waals surface area (Å²) in [6, 6.07) is 4.00. The van der Waals surface area contributed by atoms with E-state index in [1.807, 2.05) is 35.4 Å². The van der Waals surface area contributed by atoms with Gasteiger partial charge in [-0.2, -0.15) is 5.10 Å². The molecule has 8 rings (SSSR count). The third kappa shape index (κ3) is 2.69. The topological polar surface area (TPSA) is 87.9 Å². The van der Waals surface area contributed by atoms with Crippen molar-refractivity contribution in [2.45, 2.75) is 70.4 Å². The first-order valence-electron chi connectivity index (χ1n) is 14.2. The van der Waals surface area contributed by atoms with E-state index in [0.29, 0.717) is 24.9 Å². The van der Waals surface area contributed by atoms with Crippen LogP contribution in [-0.4, -0.2) is 57.6 Å². The zero-order valence-electron chi connectivity index (χ0n) is 22.4. The van der Waals surface area contributed by atoms with Crippen LogP contribution in [0.15, 0.2) is 36.3 Å². The molecule has 202 valence electrons. The smallest absolute Gasteiger partial charge is 0.227 e. The number of aromatic nitrogens is 3. The molecule has 38 heavy (non-hydrogen) atoms. The van der Waals surface area contributed by atoms with Gasteiger partial charge in [-0.25, -0.2) is 4.68 Å². The van der Waals surface area contributed by atoms with E-state index in [-0.39, 0.29) is 36.3 Å². The zero-order chi connectivity index (χ0) is 25.9. The predicted octanol–water partition coefficient (Wildman–Crippen LogP) is 4.11. The van der Waals surface area contributed by atoms with Crippen LogP contribution in [-0.2, 0) is 25.4 Å².